The Hall–Kier alpha value is -2.78. The highest BCUT2D eigenvalue weighted by Gasteiger charge is 2.64. The molecule has 0 N–H and O–H groups in total. The summed E-state index contributed by atoms with van der Waals surface area (Å²) in [4.78, 5) is 15.9. The molecule has 0 saturated carbocycles. The Labute approximate surface area is 222 Å². The van der Waals surface area contributed by atoms with Crippen LogP contribution in [0, 0.1) is 11.8 Å². The van der Waals surface area contributed by atoms with Gasteiger partial charge in [-0.25, -0.2) is 4.79 Å². The van der Waals surface area contributed by atoms with Crippen molar-refractivity contribution in [2.45, 2.75) is 57.0 Å². The first-order valence-electron chi connectivity index (χ1n) is 12.9. The summed E-state index contributed by atoms with van der Waals surface area (Å²) < 4.78 is 65.4. The fraction of sp³-hybridized carbons (Fsp3) is 0.552. The van der Waals surface area contributed by atoms with Gasteiger partial charge < -0.3 is 18.9 Å². The Bertz CT molecular complexity index is 1120. The van der Waals surface area contributed by atoms with E-state index in [1.165, 1.54) is 24.3 Å². The number of hydrogen-bond donors (Lipinski definition) is 0. The van der Waals surface area contributed by atoms with Gasteiger partial charge in [-0.05, 0) is 42.0 Å². The number of ether oxygens (including phenoxy) is 4. The molecule has 0 unspecified atom stereocenters. The van der Waals surface area contributed by atoms with Crippen LogP contribution in [0.5, 0.6) is 11.5 Å². The number of benzene rings is 2. The predicted octanol–water partition coefficient (Wildman–Crippen LogP) is 5.69. The maximum atomic E-state index is 14.5. The van der Waals surface area contributed by atoms with E-state index in [9.17, 15) is 18.0 Å². The smallest absolute Gasteiger partial charge is 0.432 e. The molecule has 38 heavy (non-hydrogen) atoms. The summed E-state index contributed by atoms with van der Waals surface area (Å²) in [7, 11) is 4.05. The molecule has 1 fully saturated rings. The second-order valence-electron chi connectivity index (χ2n) is 10.5. The minimum absolute atomic E-state index is 0.115. The summed E-state index contributed by atoms with van der Waals surface area (Å²) in [5.74, 6) is -0.0487. The third-order valence-electron chi connectivity index (χ3n) is 7.77. The zero-order chi connectivity index (χ0) is 27.7. The highest BCUT2D eigenvalue weighted by Crippen LogP contribution is 2.47. The number of hydrogen-bond acceptors (Lipinski definition) is 6. The van der Waals surface area contributed by atoms with E-state index in [2.05, 4.69) is 18.7 Å². The second-order valence-corrected chi connectivity index (χ2v) is 10.5. The van der Waals surface area contributed by atoms with Crippen LogP contribution in [0.1, 0.15) is 49.4 Å². The van der Waals surface area contributed by atoms with Crippen molar-refractivity contribution in [1.82, 2.24) is 4.90 Å². The van der Waals surface area contributed by atoms with E-state index in [-0.39, 0.29) is 23.4 Å². The van der Waals surface area contributed by atoms with Crippen LogP contribution in [0.4, 0.5) is 13.2 Å². The van der Waals surface area contributed by atoms with Crippen molar-refractivity contribution in [1.29, 1.82) is 0 Å². The Morgan fingerprint density at radius 2 is 1.71 bits per heavy atom. The number of fused-ring (bicyclic) bond motifs is 3. The largest absolute Gasteiger partial charge is 0.493 e. The van der Waals surface area contributed by atoms with Crippen LogP contribution in [0.2, 0.25) is 0 Å². The number of esters is 1. The van der Waals surface area contributed by atoms with Crippen LogP contribution in [0.3, 0.4) is 0 Å². The molecule has 9 heteroatoms. The van der Waals surface area contributed by atoms with Crippen LogP contribution in [-0.4, -0.2) is 57.6 Å². The summed E-state index contributed by atoms with van der Waals surface area (Å²) in [6.07, 6.45) is -3.82. The molecule has 0 spiro atoms. The van der Waals surface area contributed by atoms with Gasteiger partial charge in [0.2, 0.25) is 0 Å². The normalized spacial score (nSPS) is 23.2. The van der Waals surface area contributed by atoms with Crippen LogP contribution < -0.4 is 9.47 Å². The molecule has 2 heterocycles. The zero-order valence-electron chi connectivity index (χ0n) is 22.5. The Morgan fingerprint density at radius 3 is 2.29 bits per heavy atom. The highest BCUT2D eigenvalue weighted by molar-refractivity contribution is 5.83. The molecule has 4 rings (SSSR count). The first-order chi connectivity index (χ1) is 18.0. The maximum Gasteiger partial charge on any atom is 0.432 e. The molecule has 1 saturated heterocycles. The predicted molar refractivity (Wildman–Crippen MR) is 136 cm³/mol. The fourth-order valence-electron chi connectivity index (χ4n) is 5.99. The topological polar surface area (TPSA) is 57.2 Å². The molecule has 2 aliphatic rings. The third-order valence-corrected chi connectivity index (χ3v) is 7.77. The summed E-state index contributed by atoms with van der Waals surface area (Å²) in [6, 6.07) is 10.7. The van der Waals surface area contributed by atoms with Gasteiger partial charge in [-0.1, -0.05) is 44.2 Å². The lowest BCUT2D eigenvalue weighted by atomic mass is 9.79. The van der Waals surface area contributed by atoms with Crippen molar-refractivity contribution < 1.29 is 36.9 Å². The molecule has 2 aliphatic heterocycles. The van der Waals surface area contributed by atoms with Gasteiger partial charge in [-0.3, -0.25) is 4.90 Å². The molecule has 0 bridgehead atoms. The molecule has 6 nitrogen and oxygen atoms in total. The number of carbonyl (C=O) groups is 1. The van der Waals surface area contributed by atoms with Gasteiger partial charge in [0.05, 0.1) is 14.2 Å². The van der Waals surface area contributed by atoms with Crippen LogP contribution >= 0.6 is 0 Å². The molecule has 0 aliphatic carbocycles. The Morgan fingerprint density at radius 1 is 1.05 bits per heavy atom. The highest BCUT2D eigenvalue weighted by atomic mass is 19.4. The van der Waals surface area contributed by atoms with Crippen LogP contribution in [0.15, 0.2) is 42.5 Å². The van der Waals surface area contributed by atoms with Crippen molar-refractivity contribution in [2.75, 3.05) is 34.4 Å². The quantitative estimate of drug-likeness (QED) is 0.405. The van der Waals surface area contributed by atoms with E-state index in [1.807, 2.05) is 12.1 Å². The molecule has 0 radical (unpaired) electrons. The lowest BCUT2D eigenvalue weighted by molar-refractivity contribution is -0.280. The van der Waals surface area contributed by atoms with Gasteiger partial charge in [0.15, 0.2) is 11.5 Å². The van der Waals surface area contributed by atoms with Crippen molar-refractivity contribution in [2.24, 2.45) is 11.8 Å². The van der Waals surface area contributed by atoms with Crippen LogP contribution in [0.25, 0.3) is 0 Å². The molecular weight excluding hydrogens is 499 g/mol. The fourth-order valence-corrected chi connectivity index (χ4v) is 5.99. The third kappa shape index (κ3) is 5.10. The summed E-state index contributed by atoms with van der Waals surface area (Å²) in [5.41, 5.74) is -1.40. The average Bonchev–Trinajstić information content (AvgIpc) is 2.88. The van der Waals surface area contributed by atoms with E-state index in [4.69, 9.17) is 18.9 Å². The maximum absolute atomic E-state index is 14.5. The van der Waals surface area contributed by atoms with E-state index >= 15 is 0 Å². The Kier molecular flexibility index (Phi) is 8.28. The minimum Gasteiger partial charge on any atom is -0.493 e. The zero-order valence-corrected chi connectivity index (χ0v) is 22.5. The van der Waals surface area contributed by atoms with Crippen LogP contribution in [-0.2, 0) is 26.3 Å². The van der Waals surface area contributed by atoms with Gasteiger partial charge in [0.25, 0.3) is 5.60 Å². The molecule has 0 aromatic heterocycles. The molecule has 2 aromatic carbocycles. The SMILES string of the molecule is COc1cc2c(cc1OC)[C@@H]1C[C@H](OC(=O)[C@](OC)(c3ccccc3)C(F)(F)F)[C@H](CC(C)C)CN1CC2. The van der Waals surface area contributed by atoms with Crippen molar-refractivity contribution in [3.8, 4) is 11.5 Å². The van der Waals surface area contributed by atoms with Gasteiger partial charge in [-0.2, -0.15) is 13.2 Å². The van der Waals surface area contributed by atoms with E-state index in [0.717, 1.165) is 37.6 Å². The first-order valence-corrected chi connectivity index (χ1v) is 12.9. The van der Waals surface area contributed by atoms with Gasteiger partial charge in [0, 0.05) is 44.1 Å². The summed E-state index contributed by atoms with van der Waals surface area (Å²) >= 11 is 0. The second kappa shape index (κ2) is 11.1. The van der Waals surface area contributed by atoms with Gasteiger partial charge in [0.1, 0.15) is 6.10 Å². The van der Waals surface area contributed by atoms with E-state index in [1.54, 1.807) is 20.3 Å². The van der Waals surface area contributed by atoms with Gasteiger partial charge in [-0.15, -0.1) is 0 Å². The number of nitrogens with zero attached hydrogens (tertiary/aromatic N) is 1. The summed E-state index contributed by atoms with van der Waals surface area (Å²) in [6.45, 7) is 5.54. The minimum atomic E-state index is -5.02. The number of piperidine rings is 1. The monoisotopic (exact) mass is 535 g/mol. The number of carbonyl (C=O) groups excluding carboxylic acids is 1. The first kappa shape index (κ1) is 28.2. The van der Waals surface area contributed by atoms with E-state index < -0.39 is 23.9 Å². The molecule has 0 amide bonds. The van der Waals surface area contributed by atoms with Gasteiger partial charge >= 0.3 is 12.1 Å². The number of alkyl halides is 3. The summed E-state index contributed by atoms with van der Waals surface area (Å²) in [5, 5.41) is 0. The molecular formula is C29H36F3NO5. The van der Waals surface area contributed by atoms with E-state index in [0.29, 0.717) is 24.5 Å². The lowest BCUT2D eigenvalue weighted by Crippen LogP contribution is -2.55. The average molecular weight is 536 g/mol. The van der Waals surface area contributed by atoms with Crippen molar-refractivity contribution >= 4 is 5.97 Å². The molecule has 2 aromatic rings. The number of halogens is 3. The Balaban J connectivity index is 1.70. The molecule has 208 valence electrons. The number of rotatable bonds is 8. The number of methoxy groups -OCH3 is 3. The van der Waals surface area contributed by atoms with Crippen molar-refractivity contribution in [3.05, 3.63) is 59.2 Å². The lowest BCUT2D eigenvalue weighted by Gasteiger charge is -2.47. The molecule has 4 atom stereocenters. The standard InChI is InChI=1S/C29H36F3NO5/c1-18(2)13-20-17-33-12-11-19-14-25(35-3)26(36-4)15-22(19)23(33)16-24(20)38-27(34)28(37-5,29(30,31)32)21-9-7-6-8-10-21/h6-10,14-15,18,20,23-24H,11-13,16-17H2,1-5H3/t20-,23+,24+,28-/m1/s1. The van der Waals surface area contributed by atoms with Crippen molar-refractivity contribution in [3.63, 3.8) is 0 Å².